The van der Waals surface area contributed by atoms with Crippen LogP contribution in [0.5, 0.6) is 11.5 Å². The summed E-state index contributed by atoms with van der Waals surface area (Å²) in [6.07, 6.45) is -0.0292. The Hall–Kier alpha value is -1.54. The molecule has 0 fully saturated rings. The molecule has 0 saturated carbocycles. The Labute approximate surface area is 146 Å². The molecular weight excluding hydrogens is 367 g/mol. The van der Waals surface area contributed by atoms with Gasteiger partial charge in [0.1, 0.15) is 11.5 Å². The number of benzene rings is 2. The average molecular weight is 384 g/mol. The molecule has 0 heterocycles. The van der Waals surface area contributed by atoms with Gasteiger partial charge in [0, 0.05) is 6.42 Å². The monoisotopic (exact) mass is 384 g/mol. The Kier molecular flexibility index (Phi) is 6.51. The van der Waals surface area contributed by atoms with Crippen LogP contribution in [0.3, 0.4) is 0 Å². The fourth-order valence-electron chi connectivity index (χ4n) is 2.34. The van der Waals surface area contributed by atoms with E-state index >= 15 is 0 Å². The molecule has 0 aliphatic rings. The van der Waals surface area contributed by atoms with E-state index in [0.29, 0.717) is 17.9 Å². The largest absolute Gasteiger partial charge is 0.687 e. The fourth-order valence-corrected chi connectivity index (χ4v) is 4.61. The second kappa shape index (κ2) is 8.23. The first-order valence-electron chi connectivity index (χ1n) is 7.46. The van der Waals surface area contributed by atoms with Gasteiger partial charge in [0.05, 0.1) is 0 Å². The first-order valence-corrected chi connectivity index (χ1v) is 10.6. The Bertz CT molecular complexity index is 788. The van der Waals surface area contributed by atoms with Gasteiger partial charge in [-0.25, -0.2) is 0 Å². The molecule has 2 aromatic rings. The number of rotatable bonds is 8. The van der Waals surface area contributed by atoms with Crippen molar-refractivity contribution in [3.8, 4) is 11.5 Å². The van der Waals surface area contributed by atoms with Crippen LogP contribution in [0.4, 0.5) is 0 Å². The first-order chi connectivity index (χ1) is 11.7. The summed E-state index contributed by atoms with van der Waals surface area (Å²) < 4.78 is 36.7. The quantitative estimate of drug-likeness (QED) is 0.527. The summed E-state index contributed by atoms with van der Waals surface area (Å²) in [7, 11) is -10.4. The van der Waals surface area contributed by atoms with Gasteiger partial charge < -0.3 is 19.4 Å². The maximum Gasteiger partial charge on any atom is 0.301 e. The summed E-state index contributed by atoms with van der Waals surface area (Å²) in [5, 5.41) is 0. The van der Waals surface area contributed by atoms with E-state index in [0.717, 1.165) is 5.56 Å². The molecule has 136 valence electrons. The third kappa shape index (κ3) is 6.36. The van der Waals surface area contributed by atoms with Crippen molar-refractivity contribution in [3.05, 3.63) is 60.2 Å². The molecular formula is C16H17O7PS-2. The van der Waals surface area contributed by atoms with E-state index in [4.69, 9.17) is 9.29 Å². The standard InChI is InChI=1S/C16H19O7PS/c17-24(18,19)16(25(20,21)22)11-5-7-13-6-4-10-15(12-13)23-14-8-2-1-3-9-14/h1-4,6,8-10,12,16H,5,7,11H2,(H2,17,18,19)(H,20,21,22)/p-2. The van der Waals surface area contributed by atoms with E-state index in [1.165, 1.54) is 0 Å². The molecule has 0 spiro atoms. The minimum absolute atomic E-state index is 0.105. The molecule has 0 saturated heterocycles. The predicted octanol–water partition coefficient (Wildman–Crippen LogP) is 0.859. The Morgan fingerprint density at radius 3 is 2.24 bits per heavy atom. The molecule has 0 amide bonds. The van der Waals surface area contributed by atoms with Crippen LogP contribution >= 0.6 is 7.94 Å². The van der Waals surface area contributed by atoms with Crippen LogP contribution in [-0.4, -0.2) is 18.0 Å². The van der Waals surface area contributed by atoms with Crippen molar-refractivity contribution in [1.82, 2.24) is 0 Å². The van der Waals surface area contributed by atoms with Gasteiger partial charge in [0.2, 0.25) is 0 Å². The molecule has 9 heteroatoms. The Morgan fingerprint density at radius 1 is 1.00 bits per heavy atom. The molecule has 1 unspecified atom stereocenters. The summed E-state index contributed by atoms with van der Waals surface area (Å²) in [5.74, 6) is 1.23. The highest BCUT2D eigenvalue weighted by Gasteiger charge is 2.30. The summed E-state index contributed by atoms with van der Waals surface area (Å²) in [6.45, 7) is 0. The molecule has 0 aliphatic carbocycles. The minimum atomic E-state index is -5.44. The Morgan fingerprint density at radius 2 is 1.64 bits per heavy atom. The van der Waals surface area contributed by atoms with Gasteiger partial charge in [-0.1, -0.05) is 30.3 Å². The predicted molar refractivity (Wildman–Crippen MR) is 88.2 cm³/mol. The highest BCUT2D eigenvalue weighted by molar-refractivity contribution is 7.94. The van der Waals surface area contributed by atoms with Gasteiger partial charge in [-0.3, -0.25) is 4.55 Å². The molecule has 0 radical (unpaired) electrons. The highest BCUT2D eigenvalue weighted by atomic mass is 32.2. The van der Waals surface area contributed by atoms with Gasteiger partial charge in [-0.05, 0) is 42.7 Å². The lowest BCUT2D eigenvalue weighted by Gasteiger charge is -2.46. The summed E-state index contributed by atoms with van der Waals surface area (Å²) >= 11 is 0. The third-order valence-electron chi connectivity index (χ3n) is 3.49. The van der Waals surface area contributed by atoms with E-state index < -0.39 is 29.5 Å². The lowest BCUT2D eigenvalue weighted by Crippen LogP contribution is -2.44. The zero-order valence-corrected chi connectivity index (χ0v) is 14.9. The van der Waals surface area contributed by atoms with E-state index in [1.807, 2.05) is 18.2 Å². The lowest BCUT2D eigenvalue weighted by molar-refractivity contribution is -0.428. The van der Waals surface area contributed by atoms with Crippen LogP contribution in [0.15, 0.2) is 54.6 Å². The highest BCUT2D eigenvalue weighted by Crippen LogP contribution is 2.41. The van der Waals surface area contributed by atoms with Gasteiger partial charge in [-0.2, -0.15) is 8.42 Å². The normalized spacial score (nSPS) is 13.4. The lowest BCUT2D eigenvalue weighted by atomic mass is 10.1. The van der Waals surface area contributed by atoms with Crippen LogP contribution < -0.4 is 19.4 Å². The molecule has 0 bridgehead atoms. The number of para-hydroxylation sites is 1. The second-order valence-electron chi connectivity index (χ2n) is 5.46. The molecule has 2 aromatic carbocycles. The van der Waals surface area contributed by atoms with Crippen LogP contribution in [0.2, 0.25) is 0 Å². The Balaban J connectivity index is 1.98. The number of ether oxygens (including phenoxy) is 1. The molecule has 25 heavy (non-hydrogen) atoms. The molecule has 0 aromatic heterocycles. The van der Waals surface area contributed by atoms with Gasteiger partial charge in [0.25, 0.3) is 0 Å². The first kappa shape index (κ1) is 19.8. The smallest absolute Gasteiger partial charge is 0.301 e. The summed E-state index contributed by atoms with van der Waals surface area (Å²) in [5.41, 5.74) is 0.786. The van der Waals surface area contributed by atoms with Crippen molar-refractivity contribution in [3.63, 3.8) is 0 Å². The SMILES string of the molecule is O=S(=O)(O)C(CCCc1cccc(Oc2ccccc2)c1)[P+]([O-])([O-])[O-]. The van der Waals surface area contributed by atoms with Crippen molar-refractivity contribution < 1.29 is 32.4 Å². The topological polar surface area (TPSA) is 133 Å². The van der Waals surface area contributed by atoms with Crippen LogP contribution in [0, 0.1) is 0 Å². The van der Waals surface area contributed by atoms with Gasteiger partial charge in [0.15, 0.2) is 4.99 Å². The average Bonchev–Trinajstić information content (AvgIpc) is 2.50. The summed E-state index contributed by atoms with van der Waals surface area (Å²) in [6, 6.07) is 16.1. The van der Waals surface area contributed by atoms with Crippen molar-refractivity contribution in [2.45, 2.75) is 24.3 Å². The van der Waals surface area contributed by atoms with Crippen molar-refractivity contribution in [1.29, 1.82) is 0 Å². The zero-order chi connectivity index (χ0) is 18.5. The van der Waals surface area contributed by atoms with Crippen LogP contribution in [-0.2, 0) is 16.5 Å². The fraction of sp³-hybridized carbons (Fsp3) is 0.250. The van der Waals surface area contributed by atoms with Crippen LogP contribution in [0.1, 0.15) is 18.4 Å². The second-order valence-corrected chi connectivity index (χ2v) is 9.12. The third-order valence-corrected chi connectivity index (χ3v) is 6.95. The molecule has 2 rings (SSSR count). The van der Waals surface area contributed by atoms with Gasteiger partial charge >= 0.3 is 10.1 Å². The molecule has 0 aliphatic heterocycles. The maximum atomic E-state index is 11.0. The zero-order valence-electron chi connectivity index (χ0n) is 13.1. The number of hydrogen-bond donors (Lipinski definition) is 1. The minimum Gasteiger partial charge on any atom is -0.687 e. The van der Waals surface area contributed by atoms with Crippen molar-refractivity contribution >= 4 is 18.1 Å². The van der Waals surface area contributed by atoms with Gasteiger partial charge in [-0.15, -0.1) is 7.94 Å². The van der Waals surface area contributed by atoms with E-state index in [-0.39, 0.29) is 6.42 Å². The summed E-state index contributed by atoms with van der Waals surface area (Å²) in [4.78, 5) is 30.7. The molecule has 1 atom stereocenters. The number of aryl methyl sites for hydroxylation is 1. The van der Waals surface area contributed by atoms with Crippen LogP contribution in [0.25, 0.3) is 0 Å². The van der Waals surface area contributed by atoms with E-state index in [9.17, 15) is 23.1 Å². The van der Waals surface area contributed by atoms with Crippen molar-refractivity contribution in [2.75, 3.05) is 0 Å². The number of hydrogen-bond acceptors (Lipinski definition) is 6. The maximum absolute atomic E-state index is 11.0. The van der Waals surface area contributed by atoms with Crippen molar-refractivity contribution in [2.24, 2.45) is 0 Å². The molecule has 7 nitrogen and oxygen atoms in total. The van der Waals surface area contributed by atoms with E-state index in [1.54, 1.807) is 36.4 Å². The molecule has 1 N–H and O–H groups in total. The van der Waals surface area contributed by atoms with E-state index in [2.05, 4.69) is 0 Å².